The fourth-order valence-corrected chi connectivity index (χ4v) is 3.38. The zero-order valence-electron chi connectivity index (χ0n) is 18.7. The summed E-state index contributed by atoms with van der Waals surface area (Å²) in [6.07, 6.45) is 3.07. The minimum atomic E-state index is -0.829. The highest BCUT2D eigenvalue weighted by Crippen LogP contribution is 2.28. The molecule has 7 heteroatoms. The Morgan fingerprint density at radius 2 is 1.90 bits per heavy atom. The molecule has 0 aliphatic carbocycles. The van der Waals surface area contributed by atoms with Crippen LogP contribution in [0.4, 0.5) is 0 Å². The molecule has 31 heavy (non-hydrogen) atoms. The van der Waals surface area contributed by atoms with E-state index in [2.05, 4.69) is 5.32 Å². The molecule has 0 bridgehead atoms. The van der Waals surface area contributed by atoms with Crippen LogP contribution < -0.4 is 10.1 Å². The number of benzene rings is 1. The summed E-state index contributed by atoms with van der Waals surface area (Å²) in [5.74, 6) is -0.499. The van der Waals surface area contributed by atoms with Crippen molar-refractivity contribution in [3.63, 3.8) is 0 Å². The molecule has 0 saturated carbocycles. The van der Waals surface area contributed by atoms with Gasteiger partial charge in [0.05, 0.1) is 12.8 Å². The van der Waals surface area contributed by atoms with Gasteiger partial charge in [-0.15, -0.1) is 0 Å². The highest BCUT2D eigenvalue weighted by molar-refractivity contribution is 5.99. The van der Waals surface area contributed by atoms with E-state index in [1.165, 1.54) is 6.08 Å². The van der Waals surface area contributed by atoms with Crippen LogP contribution in [0.25, 0.3) is 11.8 Å². The number of nitrogens with one attached hydrogen (secondary N) is 1. The van der Waals surface area contributed by atoms with E-state index in [0.717, 1.165) is 29.9 Å². The second kappa shape index (κ2) is 11.0. The van der Waals surface area contributed by atoms with Crippen LogP contribution in [0.3, 0.4) is 0 Å². The first-order valence-corrected chi connectivity index (χ1v) is 10.3. The number of nitrogens with zero attached hydrogens (tertiary/aromatic N) is 2. The fraction of sp³-hybridized carbons (Fsp3) is 0.375. The van der Waals surface area contributed by atoms with Crippen LogP contribution in [0.5, 0.6) is 5.75 Å². The minimum Gasteiger partial charge on any atom is -0.495 e. The second-order valence-corrected chi connectivity index (χ2v) is 7.16. The highest BCUT2D eigenvalue weighted by Gasteiger charge is 2.18. The Kier molecular flexibility index (Phi) is 8.44. The number of nitriles is 1. The summed E-state index contributed by atoms with van der Waals surface area (Å²) in [6, 6.07) is 11.4. The largest absolute Gasteiger partial charge is 0.495 e. The van der Waals surface area contributed by atoms with E-state index in [0.29, 0.717) is 11.3 Å². The molecule has 0 saturated heterocycles. The molecule has 0 unspecified atom stereocenters. The standard InChI is InChI=1S/C24H29N3O4/c1-6-20(7-2)26-23(28)15-31-24(29)19(14-25)13-18-12-16(3)27(17(18)4)21-10-8-9-11-22(21)30-5/h8-13,20H,6-7,15H2,1-5H3,(H,26,28)/b19-13+. The van der Waals surface area contributed by atoms with Gasteiger partial charge in [-0.2, -0.15) is 5.26 Å². The molecule has 0 aliphatic rings. The van der Waals surface area contributed by atoms with Crippen molar-refractivity contribution in [3.05, 3.63) is 52.9 Å². The topological polar surface area (TPSA) is 93.4 Å². The summed E-state index contributed by atoms with van der Waals surface area (Å²) in [4.78, 5) is 24.3. The number of para-hydroxylation sites is 2. The van der Waals surface area contributed by atoms with Crippen LogP contribution in [0.2, 0.25) is 0 Å². The third-order valence-electron chi connectivity index (χ3n) is 5.12. The van der Waals surface area contributed by atoms with Gasteiger partial charge in [0, 0.05) is 17.4 Å². The van der Waals surface area contributed by atoms with Gasteiger partial charge >= 0.3 is 5.97 Å². The molecular formula is C24H29N3O4. The third-order valence-corrected chi connectivity index (χ3v) is 5.12. The molecule has 7 nitrogen and oxygen atoms in total. The van der Waals surface area contributed by atoms with Crippen molar-refractivity contribution < 1.29 is 19.1 Å². The lowest BCUT2D eigenvalue weighted by Gasteiger charge is -2.14. The summed E-state index contributed by atoms with van der Waals surface area (Å²) in [5.41, 5.74) is 3.16. The van der Waals surface area contributed by atoms with Crippen molar-refractivity contribution in [2.45, 2.75) is 46.6 Å². The Morgan fingerprint density at radius 3 is 2.52 bits per heavy atom. The Morgan fingerprint density at radius 1 is 1.23 bits per heavy atom. The third kappa shape index (κ3) is 5.76. The molecule has 0 fully saturated rings. The monoisotopic (exact) mass is 423 g/mol. The lowest BCUT2D eigenvalue weighted by atomic mass is 10.1. The second-order valence-electron chi connectivity index (χ2n) is 7.16. The van der Waals surface area contributed by atoms with E-state index in [4.69, 9.17) is 9.47 Å². The van der Waals surface area contributed by atoms with E-state index in [1.54, 1.807) is 7.11 Å². The summed E-state index contributed by atoms with van der Waals surface area (Å²) < 4.78 is 12.5. The maximum absolute atomic E-state index is 12.4. The van der Waals surface area contributed by atoms with E-state index < -0.39 is 12.6 Å². The quantitative estimate of drug-likeness (QED) is 0.376. The average Bonchev–Trinajstić information content (AvgIpc) is 3.06. The van der Waals surface area contributed by atoms with E-state index in [9.17, 15) is 14.9 Å². The Bertz CT molecular complexity index is 1010. The average molecular weight is 424 g/mol. The number of carbonyl (C=O) groups excluding carboxylic acids is 2. The maximum Gasteiger partial charge on any atom is 0.349 e. The van der Waals surface area contributed by atoms with Crippen molar-refractivity contribution in [2.75, 3.05) is 13.7 Å². The smallest absolute Gasteiger partial charge is 0.349 e. The van der Waals surface area contributed by atoms with Gasteiger partial charge in [-0.25, -0.2) is 4.79 Å². The first-order chi connectivity index (χ1) is 14.9. The molecule has 0 radical (unpaired) electrons. The molecule has 0 spiro atoms. The number of carbonyl (C=O) groups is 2. The molecule has 1 aromatic carbocycles. The van der Waals surface area contributed by atoms with Crippen LogP contribution in [-0.2, 0) is 14.3 Å². The van der Waals surface area contributed by atoms with E-state index >= 15 is 0 Å². The molecule has 1 heterocycles. The Hall–Kier alpha value is -3.53. The number of esters is 1. The van der Waals surface area contributed by atoms with Gasteiger partial charge in [-0.05, 0) is 56.5 Å². The number of aromatic nitrogens is 1. The number of hydrogen-bond acceptors (Lipinski definition) is 5. The van der Waals surface area contributed by atoms with Crippen molar-refractivity contribution in [1.82, 2.24) is 9.88 Å². The summed E-state index contributed by atoms with van der Waals surface area (Å²) in [6.45, 7) is 7.35. The first kappa shape index (κ1) is 23.7. The number of hydrogen-bond donors (Lipinski definition) is 1. The van der Waals surface area contributed by atoms with Crippen LogP contribution >= 0.6 is 0 Å². The SMILES string of the molecule is CCC(CC)NC(=O)COC(=O)/C(C#N)=C/c1cc(C)n(-c2ccccc2OC)c1C. The molecule has 0 aliphatic heterocycles. The zero-order valence-corrected chi connectivity index (χ0v) is 18.7. The Labute approximate surface area is 183 Å². The molecule has 2 rings (SSSR count). The summed E-state index contributed by atoms with van der Waals surface area (Å²) in [5, 5.41) is 12.3. The predicted octanol–water partition coefficient (Wildman–Crippen LogP) is 3.86. The van der Waals surface area contributed by atoms with Gasteiger partial charge in [0.2, 0.25) is 0 Å². The van der Waals surface area contributed by atoms with Crippen LogP contribution in [0.1, 0.15) is 43.6 Å². The van der Waals surface area contributed by atoms with E-state index in [1.807, 2.05) is 68.7 Å². The molecule has 0 atom stereocenters. The van der Waals surface area contributed by atoms with Crippen LogP contribution in [0, 0.1) is 25.2 Å². The molecule has 1 amide bonds. The van der Waals surface area contributed by atoms with Gasteiger partial charge in [-0.1, -0.05) is 26.0 Å². The fourth-order valence-electron chi connectivity index (χ4n) is 3.38. The number of rotatable bonds is 9. The minimum absolute atomic E-state index is 0.0394. The Balaban J connectivity index is 2.22. The maximum atomic E-state index is 12.4. The van der Waals surface area contributed by atoms with Crippen LogP contribution in [-0.4, -0.2) is 36.2 Å². The van der Waals surface area contributed by atoms with E-state index in [-0.39, 0.29) is 17.5 Å². The lowest BCUT2D eigenvalue weighted by Crippen LogP contribution is -2.36. The number of amides is 1. The zero-order chi connectivity index (χ0) is 23.0. The predicted molar refractivity (Wildman–Crippen MR) is 119 cm³/mol. The van der Waals surface area contributed by atoms with Gasteiger partial charge in [0.25, 0.3) is 5.91 Å². The van der Waals surface area contributed by atoms with Crippen molar-refractivity contribution >= 4 is 18.0 Å². The van der Waals surface area contributed by atoms with Crippen molar-refractivity contribution in [1.29, 1.82) is 5.26 Å². The molecular weight excluding hydrogens is 394 g/mol. The molecule has 2 aromatic rings. The molecule has 164 valence electrons. The normalized spacial score (nSPS) is 11.2. The van der Waals surface area contributed by atoms with Crippen LogP contribution in [0.15, 0.2) is 35.9 Å². The molecule has 1 aromatic heterocycles. The van der Waals surface area contributed by atoms with Gasteiger partial charge < -0.3 is 19.4 Å². The first-order valence-electron chi connectivity index (χ1n) is 10.3. The lowest BCUT2D eigenvalue weighted by molar-refractivity contribution is -0.144. The number of aryl methyl sites for hydroxylation is 1. The van der Waals surface area contributed by atoms with Crippen molar-refractivity contribution in [2.24, 2.45) is 0 Å². The summed E-state index contributed by atoms with van der Waals surface area (Å²) in [7, 11) is 1.61. The summed E-state index contributed by atoms with van der Waals surface area (Å²) >= 11 is 0. The van der Waals surface area contributed by atoms with Gasteiger partial charge in [-0.3, -0.25) is 4.79 Å². The van der Waals surface area contributed by atoms with Gasteiger partial charge in [0.15, 0.2) is 6.61 Å². The molecule has 1 N–H and O–H groups in total. The number of ether oxygens (including phenoxy) is 2. The van der Waals surface area contributed by atoms with Crippen molar-refractivity contribution in [3.8, 4) is 17.5 Å². The number of methoxy groups -OCH3 is 1. The van der Waals surface area contributed by atoms with Gasteiger partial charge in [0.1, 0.15) is 17.4 Å². The highest BCUT2D eigenvalue weighted by atomic mass is 16.5.